The van der Waals surface area contributed by atoms with Crippen LogP contribution in [0.3, 0.4) is 0 Å². The minimum atomic E-state index is -0.268. The van der Waals surface area contributed by atoms with Crippen LogP contribution in [0, 0.1) is 5.92 Å². The highest BCUT2D eigenvalue weighted by molar-refractivity contribution is 5.76. The number of ether oxygens (including phenoxy) is 1. The van der Waals surface area contributed by atoms with E-state index in [-0.39, 0.29) is 17.9 Å². The SMILES string of the molecule is CCCC(C)C(NCCCN=[N+]=[N-])C(=O)OCC. The second-order valence-electron chi connectivity index (χ2n) is 4.26. The van der Waals surface area contributed by atoms with Gasteiger partial charge in [-0.1, -0.05) is 25.4 Å². The van der Waals surface area contributed by atoms with E-state index in [4.69, 9.17) is 10.3 Å². The fraction of sp³-hybridized carbons (Fsp3) is 0.917. The van der Waals surface area contributed by atoms with Crippen LogP contribution in [0.4, 0.5) is 0 Å². The van der Waals surface area contributed by atoms with Gasteiger partial charge in [0.1, 0.15) is 6.04 Å². The average molecular weight is 256 g/mol. The molecule has 0 saturated heterocycles. The Balaban J connectivity index is 4.19. The number of rotatable bonds is 10. The van der Waals surface area contributed by atoms with E-state index < -0.39 is 0 Å². The predicted molar refractivity (Wildman–Crippen MR) is 71.1 cm³/mol. The molecule has 18 heavy (non-hydrogen) atoms. The highest BCUT2D eigenvalue weighted by Crippen LogP contribution is 2.12. The van der Waals surface area contributed by atoms with Gasteiger partial charge in [0.05, 0.1) is 6.61 Å². The summed E-state index contributed by atoms with van der Waals surface area (Å²) in [5.74, 6) is 0.0516. The molecule has 0 aliphatic rings. The summed E-state index contributed by atoms with van der Waals surface area (Å²) in [6.45, 7) is 7.44. The van der Waals surface area contributed by atoms with Gasteiger partial charge in [0.25, 0.3) is 0 Å². The van der Waals surface area contributed by atoms with Gasteiger partial charge in [-0.2, -0.15) is 0 Å². The van der Waals surface area contributed by atoms with Gasteiger partial charge in [-0.25, -0.2) is 0 Å². The highest BCUT2D eigenvalue weighted by Gasteiger charge is 2.24. The summed E-state index contributed by atoms with van der Waals surface area (Å²) in [4.78, 5) is 14.5. The molecule has 0 bridgehead atoms. The maximum absolute atomic E-state index is 11.8. The Morgan fingerprint density at radius 3 is 2.78 bits per heavy atom. The predicted octanol–water partition coefficient (Wildman–Crippen LogP) is 2.64. The maximum Gasteiger partial charge on any atom is 0.323 e. The van der Waals surface area contributed by atoms with Crippen LogP contribution in [-0.2, 0) is 9.53 Å². The molecule has 0 fully saturated rings. The van der Waals surface area contributed by atoms with Crippen molar-refractivity contribution in [2.45, 2.75) is 46.1 Å². The molecule has 0 aromatic carbocycles. The van der Waals surface area contributed by atoms with Crippen molar-refractivity contribution in [1.82, 2.24) is 5.32 Å². The molecule has 0 heterocycles. The molecule has 1 N–H and O–H groups in total. The van der Waals surface area contributed by atoms with Gasteiger partial charge in [-0.05, 0) is 37.8 Å². The largest absolute Gasteiger partial charge is 0.465 e. The monoisotopic (exact) mass is 256 g/mol. The molecule has 2 atom stereocenters. The van der Waals surface area contributed by atoms with E-state index in [1.165, 1.54) is 0 Å². The number of carbonyl (C=O) groups excluding carboxylic acids is 1. The fourth-order valence-corrected chi connectivity index (χ4v) is 1.82. The molecule has 0 amide bonds. The highest BCUT2D eigenvalue weighted by atomic mass is 16.5. The summed E-state index contributed by atoms with van der Waals surface area (Å²) in [6, 6.07) is -0.268. The molecule has 0 rings (SSSR count). The molecule has 104 valence electrons. The number of azide groups is 1. The first-order chi connectivity index (χ1) is 8.67. The van der Waals surface area contributed by atoms with E-state index in [0.717, 1.165) is 19.3 Å². The number of esters is 1. The van der Waals surface area contributed by atoms with Crippen molar-refractivity contribution in [3.63, 3.8) is 0 Å². The number of nitrogens with zero attached hydrogens (tertiary/aromatic N) is 3. The number of hydrogen-bond acceptors (Lipinski definition) is 4. The van der Waals surface area contributed by atoms with Crippen LogP contribution in [0.1, 0.15) is 40.0 Å². The Morgan fingerprint density at radius 2 is 2.22 bits per heavy atom. The van der Waals surface area contributed by atoms with Gasteiger partial charge >= 0.3 is 5.97 Å². The molecule has 0 aromatic heterocycles. The smallest absolute Gasteiger partial charge is 0.323 e. The maximum atomic E-state index is 11.8. The Hall–Kier alpha value is -1.26. The van der Waals surface area contributed by atoms with Crippen LogP contribution >= 0.6 is 0 Å². The average Bonchev–Trinajstić information content (AvgIpc) is 2.34. The first-order valence-electron chi connectivity index (χ1n) is 6.58. The van der Waals surface area contributed by atoms with Gasteiger partial charge in [-0.3, -0.25) is 4.79 Å². The van der Waals surface area contributed by atoms with Crippen molar-refractivity contribution in [1.29, 1.82) is 0 Å². The van der Waals surface area contributed by atoms with E-state index in [1.807, 2.05) is 6.92 Å². The normalized spacial score (nSPS) is 13.5. The fourth-order valence-electron chi connectivity index (χ4n) is 1.82. The van der Waals surface area contributed by atoms with Crippen molar-refractivity contribution in [3.8, 4) is 0 Å². The summed E-state index contributed by atoms with van der Waals surface area (Å²) >= 11 is 0. The standard InChI is InChI=1S/C12H24N4O2/c1-4-7-10(3)11(12(17)18-5-2)14-8-6-9-15-16-13/h10-11,14H,4-9H2,1-3H3. The van der Waals surface area contributed by atoms with Gasteiger partial charge in [0.15, 0.2) is 0 Å². The molecule has 0 saturated carbocycles. The zero-order valence-corrected chi connectivity index (χ0v) is 11.6. The van der Waals surface area contributed by atoms with Gasteiger partial charge in [0, 0.05) is 11.5 Å². The first kappa shape index (κ1) is 16.7. The second kappa shape index (κ2) is 10.9. The van der Waals surface area contributed by atoms with Crippen molar-refractivity contribution in [3.05, 3.63) is 10.4 Å². The van der Waals surface area contributed by atoms with Crippen molar-refractivity contribution in [2.24, 2.45) is 11.0 Å². The van der Waals surface area contributed by atoms with E-state index in [9.17, 15) is 4.79 Å². The Kier molecular flexibility index (Phi) is 10.1. The molecule has 6 heteroatoms. The molecular formula is C12H24N4O2. The van der Waals surface area contributed by atoms with Crippen molar-refractivity contribution < 1.29 is 9.53 Å². The first-order valence-corrected chi connectivity index (χ1v) is 6.58. The molecule has 0 aliphatic carbocycles. The summed E-state index contributed by atoms with van der Waals surface area (Å²) in [5.41, 5.74) is 8.15. The summed E-state index contributed by atoms with van der Waals surface area (Å²) < 4.78 is 5.07. The molecule has 0 spiro atoms. The second-order valence-corrected chi connectivity index (χ2v) is 4.26. The molecule has 0 radical (unpaired) electrons. The minimum Gasteiger partial charge on any atom is -0.465 e. The lowest BCUT2D eigenvalue weighted by molar-refractivity contribution is -0.147. The van der Waals surface area contributed by atoms with Crippen molar-refractivity contribution >= 4 is 5.97 Å². The zero-order chi connectivity index (χ0) is 13.8. The molecule has 0 aromatic rings. The summed E-state index contributed by atoms with van der Waals surface area (Å²) in [5, 5.41) is 6.65. The molecule has 6 nitrogen and oxygen atoms in total. The Labute approximate surface area is 109 Å². The topological polar surface area (TPSA) is 87.1 Å². The number of carbonyl (C=O) groups is 1. The van der Waals surface area contributed by atoms with E-state index in [2.05, 4.69) is 22.3 Å². The molecule has 0 aliphatic heterocycles. The Morgan fingerprint density at radius 1 is 1.50 bits per heavy atom. The third-order valence-corrected chi connectivity index (χ3v) is 2.72. The summed E-state index contributed by atoms with van der Waals surface area (Å²) in [6.07, 6.45) is 2.74. The lowest BCUT2D eigenvalue weighted by atomic mass is 9.97. The summed E-state index contributed by atoms with van der Waals surface area (Å²) in [7, 11) is 0. The third kappa shape index (κ3) is 7.14. The minimum absolute atomic E-state index is 0.192. The van der Waals surface area contributed by atoms with Crippen LogP contribution in [0.2, 0.25) is 0 Å². The zero-order valence-electron chi connectivity index (χ0n) is 11.6. The van der Waals surface area contributed by atoms with Gasteiger partial charge < -0.3 is 10.1 Å². The Bertz CT molecular complexity index is 277. The quantitative estimate of drug-likeness (QED) is 0.214. The van der Waals surface area contributed by atoms with Gasteiger partial charge in [0.2, 0.25) is 0 Å². The van der Waals surface area contributed by atoms with Gasteiger partial charge in [-0.15, -0.1) is 0 Å². The lowest BCUT2D eigenvalue weighted by Crippen LogP contribution is -2.43. The van der Waals surface area contributed by atoms with Crippen LogP contribution in [-0.4, -0.2) is 31.7 Å². The van der Waals surface area contributed by atoms with Crippen molar-refractivity contribution in [2.75, 3.05) is 19.7 Å². The van der Waals surface area contributed by atoms with E-state index in [0.29, 0.717) is 19.7 Å². The number of nitrogens with one attached hydrogen (secondary N) is 1. The molecule has 2 unspecified atom stereocenters. The third-order valence-electron chi connectivity index (χ3n) is 2.72. The van der Waals surface area contributed by atoms with E-state index in [1.54, 1.807) is 6.92 Å². The van der Waals surface area contributed by atoms with Crippen LogP contribution in [0.25, 0.3) is 10.4 Å². The van der Waals surface area contributed by atoms with Crippen LogP contribution in [0.5, 0.6) is 0 Å². The van der Waals surface area contributed by atoms with E-state index >= 15 is 0 Å². The number of hydrogen-bond donors (Lipinski definition) is 1. The van der Waals surface area contributed by atoms with Crippen LogP contribution < -0.4 is 5.32 Å². The van der Waals surface area contributed by atoms with Crippen LogP contribution in [0.15, 0.2) is 5.11 Å². The molecular weight excluding hydrogens is 232 g/mol. The lowest BCUT2D eigenvalue weighted by Gasteiger charge is -2.23.